The lowest BCUT2D eigenvalue weighted by molar-refractivity contribution is 0.203. The van der Waals surface area contributed by atoms with Crippen LogP contribution < -0.4 is 20.4 Å². The van der Waals surface area contributed by atoms with E-state index in [0.29, 0.717) is 17.5 Å². The van der Waals surface area contributed by atoms with E-state index in [-0.39, 0.29) is 12.6 Å². The molecule has 32 heavy (non-hydrogen) atoms. The molecule has 0 saturated carbocycles. The highest BCUT2D eigenvalue weighted by atomic mass is 35.5. The van der Waals surface area contributed by atoms with E-state index in [2.05, 4.69) is 44.7 Å². The summed E-state index contributed by atoms with van der Waals surface area (Å²) in [4.78, 5) is 17.3. The normalized spacial score (nSPS) is 17.3. The second kappa shape index (κ2) is 10.9. The van der Waals surface area contributed by atoms with Crippen molar-refractivity contribution in [2.45, 2.75) is 38.6 Å². The van der Waals surface area contributed by atoms with Gasteiger partial charge in [0.1, 0.15) is 0 Å². The van der Waals surface area contributed by atoms with Crippen LogP contribution in [0.5, 0.6) is 0 Å². The first-order valence-corrected chi connectivity index (χ1v) is 12.0. The largest absolute Gasteiger partial charge is 0.396 e. The molecule has 0 bridgehead atoms. The van der Waals surface area contributed by atoms with Gasteiger partial charge in [-0.2, -0.15) is 0 Å². The van der Waals surface area contributed by atoms with Crippen molar-refractivity contribution in [1.82, 2.24) is 5.32 Å². The molecule has 0 unspecified atom stereocenters. The Kier molecular flexibility index (Phi) is 7.76. The molecule has 4 rings (SSSR count). The molecule has 2 aromatic carbocycles. The minimum absolute atomic E-state index is 0.235. The Labute approximate surface area is 195 Å². The molecule has 0 atom stereocenters. The number of benzene rings is 2. The summed E-state index contributed by atoms with van der Waals surface area (Å²) in [5, 5.41) is 15.9. The third kappa shape index (κ3) is 5.87. The number of amides is 2. The third-order valence-corrected chi connectivity index (χ3v) is 6.77. The molecule has 6 nitrogen and oxygen atoms in total. The van der Waals surface area contributed by atoms with Crippen LogP contribution in [0.4, 0.5) is 21.9 Å². The van der Waals surface area contributed by atoms with Crippen molar-refractivity contribution in [2.24, 2.45) is 5.92 Å². The van der Waals surface area contributed by atoms with Gasteiger partial charge in [0.15, 0.2) is 0 Å². The molecule has 2 heterocycles. The zero-order valence-corrected chi connectivity index (χ0v) is 19.3. The molecule has 7 heteroatoms. The lowest BCUT2D eigenvalue weighted by Crippen LogP contribution is -2.34. The van der Waals surface area contributed by atoms with Gasteiger partial charge in [0, 0.05) is 50.0 Å². The number of nitrogens with zero attached hydrogens (tertiary/aromatic N) is 2. The van der Waals surface area contributed by atoms with Crippen molar-refractivity contribution in [3.8, 4) is 0 Å². The van der Waals surface area contributed by atoms with Crippen LogP contribution in [0.3, 0.4) is 0 Å². The van der Waals surface area contributed by atoms with Crippen LogP contribution in [0.25, 0.3) is 0 Å². The number of carbonyl (C=O) groups is 1. The lowest BCUT2D eigenvalue weighted by atomic mass is 9.97. The van der Waals surface area contributed by atoms with E-state index in [0.717, 1.165) is 56.0 Å². The van der Waals surface area contributed by atoms with Gasteiger partial charge in [-0.05, 0) is 73.9 Å². The molecule has 0 aromatic heterocycles. The number of piperidine rings is 2. The summed E-state index contributed by atoms with van der Waals surface area (Å²) >= 11 is 6.20. The first-order chi connectivity index (χ1) is 15.6. The maximum atomic E-state index is 12.6. The molecule has 172 valence electrons. The average molecular weight is 457 g/mol. The number of aliphatic hydroxyl groups excluding tert-OH is 1. The van der Waals surface area contributed by atoms with Crippen LogP contribution in [0.1, 0.15) is 37.7 Å². The Morgan fingerprint density at radius 2 is 1.69 bits per heavy atom. The van der Waals surface area contributed by atoms with Gasteiger partial charge in [0.25, 0.3) is 0 Å². The SMILES string of the molecule is O=C(NCc1ccc(N2CCC(CO)CC2)cc1)Nc1cc(Cl)ccc1N1CCCCC1. The van der Waals surface area contributed by atoms with Crippen LogP contribution in [-0.2, 0) is 6.54 Å². The minimum atomic E-state index is -0.235. The molecule has 3 N–H and O–H groups in total. The van der Waals surface area contributed by atoms with Gasteiger partial charge in [-0.3, -0.25) is 0 Å². The fourth-order valence-electron chi connectivity index (χ4n) is 4.57. The Morgan fingerprint density at radius 1 is 0.969 bits per heavy atom. The number of hydrogen-bond donors (Lipinski definition) is 3. The third-order valence-electron chi connectivity index (χ3n) is 6.53. The molecular formula is C25H33ClN4O2. The number of anilines is 3. The molecule has 0 radical (unpaired) electrons. The van der Waals surface area contributed by atoms with Crippen molar-refractivity contribution in [1.29, 1.82) is 0 Å². The van der Waals surface area contributed by atoms with Gasteiger partial charge in [-0.25, -0.2) is 4.79 Å². The first-order valence-electron chi connectivity index (χ1n) is 11.7. The summed E-state index contributed by atoms with van der Waals surface area (Å²) in [6.07, 6.45) is 5.66. The minimum Gasteiger partial charge on any atom is -0.396 e. The van der Waals surface area contributed by atoms with Gasteiger partial charge in [0.05, 0.1) is 11.4 Å². The number of aliphatic hydroxyl groups is 1. The Bertz CT molecular complexity index is 891. The number of urea groups is 1. The van der Waals surface area contributed by atoms with E-state index in [1.165, 1.54) is 24.9 Å². The molecule has 2 amide bonds. The second-order valence-corrected chi connectivity index (χ2v) is 9.23. The monoisotopic (exact) mass is 456 g/mol. The van der Waals surface area contributed by atoms with E-state index in [4.69, 9.17) is 11.6 Å². The highest BCUT2D eigenvalue weighted by molar-refractivity contribution is 6.31. The summed E-state index contributed by atoms with van der Waals surface area (Å²) in [5.74, 6) is 0.433. The van der Waals surface area contributed by atoms with E-state index in [1.54, 1.807) is 0 Å². The predicted octanol–water partition coefficient (Wildman–Crippen LogP) is 4.86. The molecule has 2 saturated heterocycles. The van der Waals surface area contributed by atoms with Crippen molar-refractivity contribution in [3.05, 3.63) is 53.1 Å². The van der Waals surface area contributed by atoms with Crippen molar-refractivity contribution >= 4 is 34.7 Å². The number of nitrogens with one attached hydrogen (secondary N) is 2. The maximum absolute atomic E-state index is 12.6. The number of carbonyl (C=O) groups excluding carboxylic acids is 1. The topological polar surface area (TPSA) is 67.8 Å². The van der Waals surface area contributed by atoms with Gasteiger partial charge in [-0.1, -0.05) is 23.7 Å². The van der Waals surface area contributed by atoms with Gasteiger partial charge >= 0.3 is 6.03 Å². The summed E-state index contributed by atoms with van der Waals surface area (Å²) in [6, 6.07) is 13.8. The predicted molar refractivity (Wildman–Crippen MR) is 132 cm³/mol. The fourth-order valence-corrected chi connectivity index (χ4v) is 4.74. The van der Waals surface area contributed by atoms with Crippen molar-refractivity contribution < 1.29 is 9.90 Å². The highest BCUT2D eigenvalue weighted by Gasteiger charge is 2.19. The van der Waals surface area contributed by atoms with Gasteiger partial charge in [-0.15, -0.1) is 0 Å². The van der Waals surface area contributed by atoms with Crippen LogP contribution in [-0.4, -0.2) is 43.9 Å². The van der Waals surface area contributed by atoms with E-state index in [1.807, 2.05) is 18.2 Å². The lowest BCUT2D eigenvalue weighted by Gasteiger charge is -2.33. The average Bonchev–Trinajstić information content (AvgIpc) is 2.84. The zero-order chi connectivity index (χ0) is 22.3. The van der Waals surface area contributed by atoms with Crippen molar-refractivity contribution in [3.63, 3.8) is 0 Å². The van der Waals surface area contributed by atoms with Crippen molar-refractivity contribution in [2.75, 3.05) is 47.9 Å². The van der Waals surface area contributed by atoms with Crippen LogP contribution >= 0.6 is 11.6 Å². The molecule has 2 fully saturated rings. The van der Waals surface area contributed by atoms with Crippen LogP contribution in [0.15, 0.2) is 42.5 Å². The molecule has 2 aliphatic rings. The smallest absolute Gasteiger partial charge is 0.319 e. The zero-order valence-electron chi connectivity index (χ0n) is 18.5. The van der Waals surface area contributed by atoms with E-state index in [9.17, 15) is 9.90 Å². The summed E-state index contributed by atoms with van der Waals surface area (Å²) in [6.45, 7) is 4.70. The molecule has 0 aliphatic carbocycles. The standard InChI is InChI=1S/C25H33ClN4O2/c26-21-6-9-24(30-12-2-1-3-13-30)23(16-21)28-25(32)27-17-19-4-7-22(8-5-19)29-14-10-20(18-31)11-15-29/h4-9,16,20,31H,1-3,10-15,17-18H2,(H2,27,28,32). The van der Waals surface area contributed by atoms with Crippen LogP contribution in [0, 0.1) is 5.92 Å². The summed E-state index contributed by atoms with van der Waals surface area (Å²) in [5.41, 5.74) is 4.02. The Morgan fingerprint density at radius 3 is 2.38 bits per heavy atom. The second-order valence-electron chi connectivity index (χ2n) is 8.80. The Hall–Kier alpha value is -2.44. The number of halogens is 1. The number of hydrogen-bond acceptors (Lipinski definition) is 4. The van der Waals surface area contributed by atoms with E-state index < -0.39 is 0 Å². The fraction of sp³-hybridized carbons (Fsp3) is 0.480. The molecule has 2 aromatic rings. The first kappa shape index (κ1) is 22.7. The Balaban J connectivity index is 1.31. The number of rotatable bonds is 6. The van der Waals surface area contributed by atoms with Crippen LogP contribution in [0.2, 0.25) is 5.02 Å². The van der Waals surface area contributed by atoms with E-state index >= 15 is 0 Å². The highest BCUT2D eigenvalue weighted by Crippen LogP contribution is 2.31. The molecule has 0 spiro atoms. The molecular weight excluding hydrogens is 424 g/mol. The summed E-state index contributed by atoms with van der Waals surface area (Å²) < 4.78 is 0. The molecule has 2 aliphatic heterocycles. The quantitative estimate of drug-likeness (QED) is 0.580. The maximum Gasteiger partial charge on any atom is 0.319 e. The van der Waals surface area contributed by atoms with Gasteiger partial charge in [0.2, 0.25) is 0 Å². The van der Waals surface area contributed by atoms with Gasteiger partial charge < -0.3 is 25.5 Å². The summed E-state index contributed by atoms with van der Waals surface area (Å²) in [7, 11) is 0.